The first-order chi connectivity index (χ1) is 4.84. The molecule has 0 radical (unpaired) electrons. The van der Waals surface area contributed by atoms with Gasteiger partial charge in [-0.1, -0.05) is 0 Å². The minimum atomic E-state index is 0. The Kier molecular flexibility index (Phi) is 5.45. The van der Waals surface area contributed by atoms with E-state index in [1.54, 1.807) is 0 Å². The van der Waals surface area contributed by atoms with Gasteiger partial charge in [0.25, 0.3) is 0 Å². The first-order valence-electron chi connectivity index (χ1n) is 3.98. The Balaban J connectivity index is 0.000000605. The first-order valence-corrected chi connectivity index (χ1v) is 3.98. The Hall–Kier alpha value is 0.460. The lowest BCUT2D eigenvalue weighted by Gasteiger charge is -2.38. The van der Waals surface area contributed by atoms with Crippen LogP contribution in [0.5, 0.6) is 0 Å². The van der Waals surface area contributed by atoms with Crippen LogP contribution in [0.2, 0.25) is 0 Å². The third-order valence-corrected chi connectivity index (χ3v) is 2.31. The van der Waals surface area contributed by atoms with Crippen molar-refractivity contribution in [2.45, 2.75) is 37.6 Å². The standard InChI is InChI=1S/C7H14N2O.2ClH/c8-5-3-6-1-2-10-7(4-5)9-6;;/h5-7,9H,1-4,8H2;2*1H. The topological polar surface area (TPSA) is 47.3 Å². The molecule has 0 aliphatic carbocycles. The van der Waals surface area contributed by atoms with Crippen LogP contribution >= 0.6 is 24.8 Å². The fourth-order valence-electron chi connectivity index (χ4n) is 1.81. The monoisotopic (exact) mass is 214 g/mol. The van der Waals surface area contributed by atoms with E-state index in [0.717, 1.165) is 25.9 Å². The number of nitrogens with one attached hydrogen (secondary N) is 1. The average Bonchev–Trinajstić information content (AvgIpc) is 1.85. The molecule has 2 aliphatic heterocycles. The number of fused-ring (bicyclic) bond motifs is 2. The summed E-state index contributed by atoms with van der Waals surface area (Å²) < 4.78 is 5.43. The molecule has 0 spiro atoms. The van der Waals surface area contributed by atoms with Crippen molar-refractivity contribution in [3.8, 4) is 0 Å². The molecule has 0 aromatic carbocycles. The minimum Gasteiger partial charge on any atom is -0.363 e. The summed E-state index contributed by atoms with van der Waals surface area (Å²) in [4.78, 5) is 0. The molecule has 2 aliphatic rings. The normalized spacial score (nSPS) is 39.2. The lowest BCUT2D eigenvalue weighted by atomic mass is 9.95. The van der Waals surface area contributed by atoms with Crippen LogP contribution in [0.15, 0.2) is 0 Å². The van der Waals surface area contributed by atoms with Crippen LogP contribution in [-0.2, 0) is 4.74 Å². The van der Waals surface area contributed by atoms with Crippen LogP contribution in [0.3, 0.4) is 0 Å². The predicted molar refractivity (Wildman–Crippen MR) is 53.0 cm³/mol. The summed E-state index contributed by atoms with van der Waals surface area (Å²) in [6.45, 7) is 0.912. The second kappa shape index (κ2) is 5.25. The summed E-state index contributed by atoms with van der Waals surface area (Å²) in [5.74, 6) is 0. The van der Waals surface area contributed by atoms with Crippen molar-refractivity contribution in [3.63, 3.8) is 0 Å². The highest BCUT2D eigenvalue weighted by atomic mass is 35.5. The molecule has 3 N–H and O–H groups in total. The summed E-state index contributed by atoms with van der Waals surface area (Å²) in [5.41, 5.74) is 5.80. The highest BCUT2D eigenvalue weighted by Gasteiger charge is 2.29. The quantitative estimate of drug-likeness (QED) is 0.623. The Bertz CT molecular complexity index is 121. The highest BCUT2D eigenvalue weighted by Crippen LogP contribution is 2.19. The number of hydrogen-bond acceptors (Lipinski definition) is 3. The Morgan fingerprint density at radius 1 is 1.25 bits per heavy atom. The van der Waals surface area contributed by atoms with Crippen LogP contribution in [0.4, 0.5) is 0 Å². The highest BCUT2D eigenvalue weighted by molar-refractivity contribution is 5.85. The molecule has 2 rings (SSSR count). The van der Waals surface area contributed by atoms with E-state index in [2.05, 4.69) is 5.32 Å². The fourth-order valence-corrected chi connectivity index (χ4v) is 1.81. The fraction of sp³-hybridized carbons (Fsp3) is 1.00. The summed E-state index contributed by atoms with van der Waals surface area (Å²) in [6, 6.07) is 0.985. The van der Waals surface area contributed by atoms with E-state index in [9.17, 15) is 0 Å². The van der Waals surface area contributed by atoms with Crippen molar-refractivity contribution in [2.24, 2.45) is 5.73 Å². The predicted octanol–water partition coefficient (Wildman–Crippen LogP) is 0.656. The lowest BCUT2D eigenvalue weighted by molar-refractivity contribution is -0.0470. The SMILES string of the molecule is Cl.Cl.NC1CC2CCOC(C1)N2. The van der Waals surface area contributed by atoms with E-state index in [4.69, 9.17) is 10.5 Å². The van der Waals surface area contributed by atoms with Gasteiger partial charge in [0.2, 0.25) is 0 Å². The Morgan fingerprint density at radius 3 is 2.67 bits per heavy atom. The molecule has 5 heteroatoms. The second-order valence-electron chi connectivity index (χ2n) is 3.24. The molecule has 0 aromatic rings. The molecule has 74 valence electrons. The third kappa shape index (κ3) is 2.75. The number of rotatable bonds is 0. The van der Waals surface area contributed by atoms with Gasteiger partial charge in [0.1, 0.15) is 6.23 Å². The zero-order valence-corrected chi connectivity index (χ0v) is 8.50. The van der Waals surface area contributed by atoms with E-state index in [1.165, 1.54) is 0 Å². The van der Waals surface area contributed by atoms with Gasteiger partial charge in [-0.25, -0.2) is 0 Å². The molecule has 3 unspecified atom stereocenters. The largest absolute Gasteiger partial charge is 0.363 e. The van der Waals surface area contributed by atoms with Crippen LogP contribution in [0.25, 0.3) is 0 Å². The van der Waals surface area contributed by atoms with Gasteiger partial charge in [0.15, 0.2) is 0 Å². The van der Waals surface area contributed by atoms with Gasteiger partial charge in [0.05, 0.1) is 6.61 Å². The van der Waals surface area contributed by atoms with Crippen molar-refractivity contribution in [2.75, 3.05) is 6.61 Å². The molecular formula is C7H16Cl2N2O. The van der Waals surface area contributed by atoms with Gasteiger partial charge >= 0.3 is 0 Å². The van der Waals surface area contributed by atoms with Gasteiger partial charge in [0, 0.05) is 18.5 Å². The van der Waals surface area contributed by atoms with Gasteiger partial charge in [-0.05, 0) is 12.8 Å². The Labute approximate surface area is 85.2 Å². The van der Waals surface area contributed by atoms with E-state index in [1.807, 2.05) is 0 Å². The number of ether oxygens (including phenoxy) is 1. The van der Waals surface area contributed by atoms with E-state index in [0.29, 0.717) is 12.1 Å². The number of nitrogens with two attached hydrogens (primary N) is 1. The number of piperidine rings is 1. The maximum atomic E-state index is 5.80. The van der Waals surface area contributed by atoms with E-state index in [-0.39, 0.29) is 31.0 Å². The van der Waals surface area contributed by atoms with Crippen LogP contribution in [-0.4, -0.2) is 24.9 Å². The summed E-state index contributed by atoms with van der Waals surface area (Å²) in [7, 11) is 0. The third-order valence-electron chi connectivity index (χ3n) is 2.31. The molecule has 2 fully saturated rings. The molecule has 12 heavy (non-hydrogen) atoms. The molecule has 2 saturated heterocycles. The maximum absolute atomic E-state index is 5.80. The Morgan fingerprint density at radius 2 is 2.00 bits per heavy atom. The lowest BCUT2D eigenvalue weighted by Crippen LogP contribution is -2.54. The van der Waals surface area contributed by atoms with Crippen LogP contribution < -0.4 is 11.1 Å². The van der Waals surface area contributed by atoms with Gasteiger partial charge < -0.3 is 10.5 Å². The van der Waals surface area contributed by atoms with Gasteiger partial charge in [-0.2, -0.15) is 0 Å². The molecule has 3 atom stereocenters. The second-order valence-corrected chi connectivity index (χ2v) is 3.24. The summed E-state index contributed by atoms with van der Waals surface area (Å²) in [6.07, 6.45) is 3.49. The summed E-state index contributed by atoms with van der Waals surface area (Å²) >= 11 is 0. The molecule has 3 nitrogen and oxygen atoms in total. The molecule has 0 saturated carbocycles. The van der Waals surface area contributed by atoms with Crippen molar-refractivity contribution >= 4 is 24.8 Å². The van der Waals surface area contributed by atoms with Crippen molar-refractivity contribution in [1.82, 2.24) is 5.32 Å². The molecule has 0 aromatic heterocycles. The molecule has 2 bridgehead atoms. The zero-order valence-electron chi connectivity index (χ0n) is 6.86. The molecular weight excluding hydrogens is 199 g/mol. The first kappa shape index (κ1) is 12.5. The molecule has 0 amide bonds. The zero-order chi connectivity index (χ0) is 6.97. The number of hydrogen-bond donors (Lipinski definition) is 2. The van der Waals surface area contributed by atoms with Gasteiger partial charge in [-0.3, -0.25) is 5.32 Å². The van der Waals surface area contributed by atoms with Crippen molar-refractivity contribution in [1.29, 1.82) is 0 Å². The van der Waals surface area contributed by atoms with Crippen molar-refractivity contribution < 1.29 is 4.74 Å². The minimum absolute atomic E-state index is 0. The van der Waals surface area contributed by atoms with E-state index >= 15 is 0 Å². The molecule has 2 heterocycles. The van der Waals surface area contributed by atoms with Crippen molar-refractivity contribution in [3.05, 3.63) is 0 Å². The van der Waals surface area contributed by atoms with Gasteiger partial charge in [-0.15, -0.1) is 24.8 Å². The smallest absolute Gasteiger partial charge is 0.109 e. The van der Waals surface area contributed by atoms with Crippen LogP contribution in [0, 0.1) is 0 Å². The maximum Gasteiger partial charge on any atom is 0.109 e. The van der Waals surface area contributed by atoms with Crippen LogP contribution in [0.1, 0.15) is 19.3 Å². The van der Waals surface area contributed by atoms with E-state index < -0.39 is 0 Å². The summed E-state index contributed by atoms with van der Waals surface area (Å²) in [5, 5.41) is 3.38. The average molecular weight is 215 g/mol. The number of halogens is 2.